The van der Waals surface area contributed by atoms with Crippen LogP contribution in [-0.2, 0) is 9.53 Å². The predicted molar refractivity (Wildman–Crippen MR) is 103 cm³/mol. The van der Waals surface area contributed by atoms with Gasteiger partial charge in [-0.15, -0.1) is 0 Å². The molecule has 2 aliphatic heterocycles. The van der Waals surface area contributed by atoms with Gasteiger partial charge in [0.05, 0.1) is 35.8 Å². The number of amides is 1. The SMILES string of the molecule is COC(=O)C1=C(N)N2C(=O)c3ccccc3SC2=C(C#N)C1c1ccccc1F. The van der Waals surface area contributed by atoms with Crippen LogP contribution in [0.15, 0.2) is 75.4 Å². The minimum atomic E-state index is -1.09. The average molecular weight is 407 g/mol. The summed E-state index contributed by atoms with van der Waals surface area (Å²) in [6.45, 7) is 0. The molecule has 4 rings (SSSR count). The smallest absolute Gasteiger partial charge is 0.338 e. The highest BCUT2D eigenvalue weighted by Crippen LogP contribution is 2.49. The van der Waals surface area contributed by atoms with Gasteiger partial charge in [-0.05, 0) is 18.2 Å². The average Bonchev–Trinajstić information content (AvgIpc) is 2.73. The number of nitrogens with zero attached hydrogens (tertiary/aromatic N) is 2. The number of halogens is 1. The molecule has 2 aromatic carbocycles. The third-order valence-corrected chi connectivity index (χ3v) is 5.97. The molecular weight excluding hydrogens is 393 g/mol. The molecule has 8 heteroatoms. The standard InChI is InChI=1S/C21H14FN3O3S/c1-28-21(27)17-16(11-6-2-4-8-14(11)22)13(10-23)20-25(18(17)24)19(26)12-7-3-5-9-15(12)29-20/h2-9,16H,24H2,1H3. The van der Waals surface area contributed by atoms with Gasteiger partial charge >= 0.3 is 5.97 Å². The van der Waals surface area contributed by atoms with E-state index in [-0.39, 0.29) is 27.6 Å². The number of nitrogens with two attached hydrogens (primary N) is 1. The molecular formula is C21H14FN3O3S. The van der Waals surface area contributed by atoms with E-state index in [0.29, 0.717) is 10.5 Å². The van der Waals surface area contributed by atoms with Crippen molar-refractivity contribution in [2.75, 3.05) is 7.11 Å². The Kier molecular flexibility index (Phi) is 4.60. The fourth-order valence-electron chi connectivity index (χ4n) is 3.49. The number of benzene rings is 2. The molecule has 0 saturated heterocycles. The van der Waals surface area contributed by atoms with Crippen molar-refractivity contribution in [3.63, 3.8) is 0 Å². The van der Waals surface area contributed by atoms with Gasteiger partial charge in [0.1, 0.15) is 16.7 Å². The number of fused-ring (bicyclic) bond motifs is 2. The van der Waals surface area contributed by atoms with Crippen LogP contribution in [0.4, 0.5) is 4.39 Å². The van der Waals surface area contributed by atoms with Gasteiger partial charge in [-0.2, -0.15) is 5.26 Å². The quantitative estimate of drug-likeness (QED) is 0.768. The van der Waals surface area contributed by atoms with E-state index in [4.69, 9.17) is 10.5 Å². The predicted octanol–water partition coefficient (Wildman–Crippen LogP) is 3.25. The van der Waals surface area contributed by atoms with Crippen molar-refractivity contribution in [2.24, 2.45) is 5.73 Å². The number of esters is 1. The molecule has 0 aliphatic carbocycles. The normalized spacial score (nSPS) is 18.2. The van der Waals surface area contributed by atoms with E-state index in [9.17, 15) is 19.2 Å². The molecule has 0 fully saturated rings. The Morgan fingerprint density at radius 3 is 2.62 bits per heavy atom. The first kappa shape index (κ1) is 18.8. The maximum absolute atomic E-state index is 14.7. The van der Waals surface area contributed by atoms with E-state index < -0.39 is 23.6 Å². The van der Waals surface area contributed by atoms with Crippen LogP contribution in [0.25, 0.3) is 0 Å². The summed E-state index contributed by atoms with van der Waals surface area (Å²) in [6, 6.07) is 14.8. The number of carbonyl (C=O) groups is 2. The summed E-state index contributed by atoms with van der Waals surface area (Å²) in [5.74, 6) is -3.16. The summed E-state index contributed by atoms with van der Waals surface area (Å²) in [4.78, 5) is 27.5. The minimum Gasteiger partial charge on any atom is -0.466 e. The molecule has 2 aromatic rings. The molecule has 144 valence electrons. The van der Waals surface area contributed by atoms with Crippen molar-refractivity contribution in [1.29, 1.82) is 5.26 Å². The van der Waals surface area contributed by atoms with Crippen LogP contribution in [0.5, 0.6) is 0 Å². The van der Waals surface area contributed by atoms with Crippen molar-refractivity contribution >= 4 is 23.6 Å². The zero-order chi connectivity index (χ0) is 20.7. The Bertz CT molecular complexity index is 1170. The van der Waals surface area contributed by atoms with Crippen molar-refractivity contribution in [1.82, 2.24) is 4.90 Å². The topological polar surface area (TPSA) is 96.4 Å². The maximum atomic E-state index is 14.7. The first-order valence-corrected chi connectivity index (χ1v) is 9.39. The van der Waals surface area contributed by atoms with Gasteiger partial charge in [0.2, 0.25) is 0 Å². The summed E-state index contributed by atoms with van der Waals surface area (Å²) in [7, 11) is 1.16. The van der Waals surface area contributed by atoms with Crippen molar-refractivity contribution in [3.05, 3.63) is 87.5 Å². The lowest BCUT2D eigenvalue weighted by atomic mass is 9.82. The molecule has 2 N–H and O–H groups in total. The lowest BCUT2D eigenvalue weighted by Gasteiger charge is -2.38. The molecule has 1 atom stereocenters. The molecule has 0 aromatic heterocycles. The maximum Gasteiger partial charge on any atom is 0.338 e. The van der Waals surface area contributed by atoms with Gasteiger partial charge in [-0.25, -0.2) is 9.18 Å². The molecule has 0 spiro atoms. The Morgan fingerprint density at radius 2 is 1.93 bits per heavy atom. The van der Waals surface area contributed by atoms with E-state index in [2.05, 4.69) is 6.07 Å². The first-order chi connectivity index (χ1) is 14.0. The molecule has 6 nitrogen and oxygen atoms in total. The van der Waals surface area contributed by atoms with Crippen LogP contribution >= 0.6 is 11.8 Å². The zero-order valence-corrected chi connectivity index (χ0v) is 16.0. The number of hydrogen-bond donors (Lipinski definition) is 1. The summed E-state index contributed by atoms with van der Waals surface area (Å²) in [6.07, 6.45) is 0. The second-order valence-corrected chi connectivity index (χ2v) is 7.35. The fourth-order valence-corrected chi connectivity index (χ4v) is 4.66. The highest BCUT2D eigenvalue weighted by Gasteiger charge is 2.45. The third-order valence-electron chi connectivity index (χ3n) is 4.80. The van der Waals surface area contributed by atoms with Crippen LogP contribution in [0.1, 0.15) is 21.8 Å². The van der Waals surface area contributed by atoms with Crippen LogP contribution < -0.4 is 5.73 Å². The molecule has 1 unspecified atom stereocenters. The zero-order valence-electron chi connectivity index (χ0n) is 15.2. The molecule has 2 aliphatic rings. The Hall–Kier alpha value is -3.57. The van der Waals surface area contributed by atoms with Crippen molar-refractivity contribution < 1.29 is 18.7 Å². The highest BCUT2D eigenvalue weighted by molar-refractivity contribution is 8.03. The monoisotopic (exact) mass is 407 g/mol. The van der Waals surface area contributed by atoms with Crippen LogP contribution in [0.3, 0.4) is 0 Å². The fraction of sp³-hybridized carbons (Fsp3) is 0.0952. The third kappa shape index (κ3) is 2.79. The minimum absolute atomic E-state index is 0.0533. The number of carbonyl (C=O) groups excluding carboxylic acids is 2. The van der Waals surface area contributed by atoms with Gasteiger partial charge in [-0.3, -0.25) is 9.69 Å². The van der Waals surface area contributed by atoms with Gasteiger partial charge in [0.25, 0.3) is 5.91 Å². The summed E-state index contributed by atoms with van der Waals surface area (Å²) < 4.78 is 19.5. The number of rotatable bonds is 2. The number of allylic oxidation sites excluding steroid dienone is 1. The lowest BCUT2D eigenvalue weighted by Crippen LogP contribution is -2.42. The Balaban J connectivity index is 2.03. The number of nitriles is 1. The van der Waals surface area contributed by atoms with E-state index in [1.807, 2.05) is 0 Å². The van der Waals surface area contributed by atoms with Gasteiger partial charge < -0.3 is 10.5 Å². The second-order valence-electron chi connectivity index (χ2n) is 6.31. The van der Waals surface area contributed by atoms with Gasteiger partial charge in [0.15, 0.2) is 0 Å². The molecule has 0 radical (unpaired) electrons. The van der Waals surface area contributed by atoms with Crippen molar-refractivity contribution in [2.45, 2.75) is 10.8 Å². The summed E-state index contributed by atoms with van der Waals surface area (Å²) in [5.41, 5.74) is 6.66. The Morgan fingerprint density at radius 1 is 1.24 bits per heavy atom. The van der Waals surface area contributed by atoms with Crippen LogP contribution in [0.2, 0.25) is 0 Å². The molecule has 1 amide bonds. The number of hydrogen-bond acceptors (Lipinski definition) is 6. The van der Waals surface area contributed by atoms with E-state index in [0.717, 1.165) is 12.0 Å². The van der Waals surface area contributed by atoms with E-state index >= 15 is 0 Å². The molecule has 0 bridgehead atoms. The van der Waals surface area contributed by atoms with E-state index in [1.165, 1.54) is 30.0 Å². The highest BCUT2D eigenvalue weighted by atomic mass is 32.2. The van der Waals surface area contributed by atoms with E-state index in [1.54, 1.807) is 30.3 Å². The molecule has 29 heavy (non-hydrogen) atoms. The van der Waals surface area contributed by atoms with Crippen molar-refractivity contribution in [3.8, 4) is 6.07 Å². The molecule has 0 saturated carbocycles. The van der Waals surface area contributed by atoms with Gasteiger partial charge in [-0.1, -0.05) is 42.1 Å². The summed E-state index contributed by atoms with van der Waals surface area (Å²) >= 11 is 1.18. The lowest BCUT2D eigenvalue weighted by molar-refractivity contribution is -0.136. The van der Waals surface area contributed by atoms with Gasteiger partial charge in [0, 0.05) is 10.5 Å². The number of ether oxygens (including phenoxy) is 1. The summed E-state index contributed by atoms with van der Waals surface area (Å²) in [5, 5.41) is 10.2. The Labute approximate surface area is 170 Å². The van der Waals surface area contributed by atoms with Crippen LogP contribution in [0, 0.1) is 17.1 Å². The first-order valence-electron chi connectivity index (χ1n) is 8.57. The number of thioether (sulfide) groups is 1. The number of methoxy groups -OCH3 is 1. The second kappa shape index (κ2) is 7.11. The van der Waals surface area contributed by atoms with Crippen LogP contribution in [-0.4, -0.2) is 23.9 Å². The largest absolute Gasteiger partial charge is 0.466 e. The molecule has 2 heterocycles.